The van der Waals surface area contributed by atoms with E-state index in [1.807, 2.05) is 0 Å². The number of methoxy groups -OCH3 is 1. The Bertz CT molecular complexity index is 919. The summed E-state index contributed by atoms with van der Waals surface area (Å²) in [6, 6.07) is 4.19. The predicted molar refractivity (Wildman–Crippen MR) is 83.8 cm³/mol. The van der Waals surface area contributed by atoms with Crippen LogP contribution in [0, 0.1) is 29.1 Å². The minimum absolute atomic E-state index is 0.158. The fraction of sp³-hybridized carbons (Fsp3) is 0.0714. The average Bonchev–Trinajstić information content (AvgIpc) is 2.58. The highest BCUT2D eigenvalue weighted by Gasteiger charge is 2.33. The van der Waals surface area contributed by atoms with Crippen molar-refractivity contribution in [3.63, 3.8) is 0 Å². The van der Waals surface area contributed by atoms with Crippen LogP contribution >= 0.6 is 0 Å². The van der Waals surface area contributed by atoms with Crippen molar-refractivity contribution < 1.29 is 39.9 Å². The Morgan fingerprint density at radius 3 is 1.63 bits per heavy atom. The Morgan fingerprint density at radius 2 is 1.26 bits per heavy atom. The fourth-order valence-corrected chi connectivity index (χ4v) is 2.89. The Kier molecular flexibility index (Phi) is 6.93. The first-order valence-corrected chi connectivity index (χ1v) is 8.13. The van der Waals surface area contributed by atoms with Crippen molar-refractivity contribution >= 4 is 21.7 Å². The second kappa shape index (κ2) is 8.53. The largest absolute Gasteiger partial charge is 0.497 e. The molecule has 2 amide bonds. The highest BCUT2D eigenvalue weighted by molar-refractivity contribution is 7.92. The second-order valence-corrected chi connectivity index (χ2v) is 6.25. The second-order valence-electron chi connectivity index (χ2n) is 4.64. The molecular weight excluding hydrogens is 401 g/mol. The Hall–Kier alpha value is -3.09. The van der Waals surface area contributed by atoms with E-state index in [1.54, 1.807) is 4.72 Å². The maximum absolute atomic E-state index is 13.6. The lowest BCUT2D eigenvalue weighted by molar-refractivity contribution is 0.256. The number of ether oxygens (including phenoxy) is 1. The molecule has 7 nitrogen and oxygen atoms in total. The van der Waals surface area contributed by atoms with E-state index < -0.39 is 50.0 Å². The maximum Gasteiger partial charge on any atom is 0.309 e. The van der Waals surface area contributed by atoms with Crippen LogP contribution in [0.1, 0.15) is 0 Å². The first kappa shape index (κ1) is 22.0. The van der Waals surface area contributed by atoms with Crippen LogP contribution in [-0.2, 0) is 10.0 Å². The van der Waals surface area contributed by atoms with E-state index in [9.17, 15) is 30.4 Å². The van der Waals surface area contributed by atoms with Gasteiger partial charge < -0.3 is 16.2 Å². The van der Waals surface area contributed by atoms with E-state index in [1.165, 1.54) is 31.4 Å². The molecule has 0 radical (unpaired) electrons. The molecule has 0 saturated carbocycles. The van der Waals surface area contributed by atoms with E-state index in [2.05, 4.69) is 11.5 Å². The van der Waals surface area contributed by atoms with E-state index >= 15 is 0 Å². The Balaban J connectivity index is 0.000000828. The number of amides is 2. The van der Waals surface area contributed by atoms with E-state index in [-0.39, 0.29) is 5.69 Å². The molecule has 0 aliphatic rings. The van der Waals surface area contributed by atoms with Crippen molar-refractivity contribution in [1.29, 1.82) is 0 Å². The van der Waals surface area contributed by atoms with Crippen molar-refractivity contribution in [3.8, 4) is 5.75 Å². The number of urea groups is 1. The van der Waals surface area contributed by atoms with Gasteiger partial charge in [0.2, 0.25) is 5.82 Å². The van der Waals surface area contributed by atoms with Crippen LogP contribution < -0.4 is 20.9 Å². The SMILES string of the molecule is COc1ccc(NS(=O)(=O)c2c(F)c(F)c(F)c(F)c2F)cc1.NC(N)=O. The molecule has 5 N–H and O–H groups in total. The number of nitrogens with one attached hydrogen (secondary N) is 1. The van der Waals surface area contributed by atoms with Crippen LogP contribution in [-0.4, -0.2) is 21.6 Å². The van der Waals surface area contributed by atoms with E-state index in [0.29, 0.717) is 5.75 Å². The standard InChI is InChI=1S/C13H8F5NO3S.CH4N2O/c1-22-7-4-2-6(3-5-7)19-23(20,21)13-11(17)9(15)8(14)10(16)12(13)18;2-1(3)4/h2-5,19H,1H3;(H4,2,3,4). The van der Waals surface area contributed by atoms with Gasteiger partial charge in [-0.2, -0.15) is 0 Å². The summed E-state index contributed by atoms with van der Waals surface area (Å²) in [7, 11) is -3.69. The number of carbonyl (C=O) groups excluding carboxylic acids is 1. The molecule has 0 heterocycles. The van der Waals surface area contributed by atoms with Gasteiger partial charge in [0.15, 0.2) is 28.2 Å². The highest BCUT2D eigenvalue weighted by Crippen LogP contribution is 2.28. The molecule has 27 heavy (non-hydrogen) atoms. The van der Waals surface area contributed by atoms with Gasteiger partial charge in [-0.1, -0.05) is 0 Å². The summed E-state index contributed by atoms with van der Waals surface area (Å²) in [5.74, 6) is -11.7. The number of hydrogen-bond donors (Lipinski definition) is 3. The van der Waals surface area contributed by atoms with Crippen LogP contribution in [0.3, 0.4) is 0 Å². The minimum Gasteiger partial charge on any atom is -0.497 e. The van der Waals surface area contributed by atoms with Crippen molar-refractivity contribution in [2.24, 2.45) is 11.5 Å². The van der Waals surface area contributed by atoms with E-state index in [0.717, 1.165) is 0 Å². The van der Waals surface area contributed by atoms with Crippen molar-refractivity contribution in [2.75, 3.05) is 11.8 Å². The summed E-state index contributed by atoms with van der Waals surface area (Å²) in [6.07, 6.45) is 0. The van der Waals surface area contributed by atoms with Gasteiger partial charge in [-0.3, -0.25) is 4.72 Å². The maximum atomic E-state index is 13.6. The lowest BCUT2D eigenvalue weighted by atomic mass is 10.3. The molecule has 0 aromatic heterocycles. The number of hydrogen-bond acceptors (Lipinski definition) is 4. The minimum atomic E-state index is -5.04. The van der Waals surface area contributed by atoms with Gasteiger partial charge in [0.05, 0.1) is 7.11 Å². The third-order valence-electron chi connectivity index (χ3n) is 2.78. The lowest BCUT2D eigenvalue weighted by Crippen LogP contribution is -2.19. The molecule has 13 heteroatoms. The molecule has 0 fully saturated rings. The summed E-state index contributed by atoms with van der Waals surface area (Å²) in [5, 5.41) is 0. The zero-order chi connectivity index (χ0) is 20.9. The van der Waals surface area contributed by atoms with Crippen molar-refractivity contribution in [1.82, 2.24) is 0 Å². The molecule has 2 aromatic carbocycles. The van der Waals surface area contributed by atoms with Crippen LogP contribution in [0.5, 0.6) is 5.75 Å². The molecule has 0 aliphatic carbocycles. The van der Waals surface area contributed by atoms with Crippen LogP contribution in [0.25, 0.3) is 0 Å². The normalized spacial score (nSPS) is 10.6. The smallest absolute Gasteiger partial charge is 0.309 e. The first-order chi connectivity index (χ1) is 12.4. The number of halogens is 5. The number of carbonyl (C=O) groups is 1. The molecule has 148 valence electrons. The average molecular weight is 413 g/mol. The number of primary amides is 2. The molecule has 2 rings (SSSR count). The van der Waals surface area contributed by atoms with Crippen molar-refractivity contribution in [2.45, 2.75) is 4.90 Å². The number of sulfonamides is 1. The van der Waals surface area contributed by atoms with E-state index in [4.69, 9.17) is 9.53 Å². The summed E-state index contributed by atoms with van der Waals surface area (Å²) in [6.45, 7) is 0. The third-order valence-corrected chi connectivity index (χ3v) is 4.18. The van der Waals surface area contributed by atoms with Gasteiger partial charge >= 0.3 is 6.03 Å². The van der Waals surface area contributed by atoms with Gasteiger partial charge in [-0.05, 0) is 24.3 Å². The van der Waals surface area contributed by atoms with Crippen molar-refractivity contribution in [3.05, 3.63) is 53.4 Å². The topological polar surface area (TPSA) is 125 Å². The summed E-state index contributed by atoms with van der Waals surface area (Å²) in [5.41, 5.74) is 8.34. The molecular formula is C14H12F5N3O4S. The molecule has 2 aromatic rings. The van der Waals surface area contributed by atoms with Crippen LogP contribution in [0.15, 0.2) is 29.2 Å². The molecule has 0 unspecified atom stereocenters. The number of anilines is 1. The van der Waals surface area contributed by atoms with Gasteiger partial charge in [0, 0.05) is 5.69 Å². The highest BCUT2D eigenvalue weighted by atomic mass is 32.2. The monoisotopic (exact) mass is 413 g/mol. The quantitative estimate of drug-likeness (QED) is 0.404. The van der Waals surface area contributed by atoms with Gasteiger partial charge in [-0.15, -0.1) is 0 Å². The number of rotatable bonds is 4. The van der Waals surface area contributed by atoms with Gasteiger partial charge in [-0.25, -0.2) is 35.2 Å². The van der Waals surface area contributed by atoms with Gasteiger partial charge in [0.25, 0.3) is 10.0 Å². The van der Waals surface area contributed by atoms with Crippen LogP contribution in [0.4, 0.5) is 32.4 Å². The zero-order valence-electron chi connectivity index (χ0n) is 13.4. The molecule has 0 atom stereocenters. The lowest BCUT2D eigenvalue weighted by Gasteiger charge is -2.11. The third kappa shape index (κ3) is 5.20. The van der Waals surface area contributed by atoms with Gasteiger partial charge in [0.1, 0.15) is 5.75 Å². The Labute approximate surface area is 149 Å². The summed E-state index contributed by atoms with van der Waals surface area (Å²) >= 11 is 0. The first-order valence-electron chi connectivity index (χ1n) is 6.65. The fourth-order valence-electron chi connectivity index (χ4n) is 1.69. The number of benzene rings is 2. The molecule has 0 saturated heterocycles. The zero-order valence-corrected chi connectivity index (χ0v) is 14.2. The summed E-state index contributed by atoms with van der Waals surface area (Å²) < 4.78 is 96.7. The molecule has 0 bridgehead atoms. The summed E-state index contributed by atoms with van der Waals surface area (Å²) in [4.78, 5) is 7.05. The molecule has 0 spiro atoms. The predicted octanol–water partition coefficient (Wildman–Crippen LogP) is 2.22. The number of nitrogens with two attached hydrogens (primary N) is 2. The molecule has 0 aliphatic heterocycles. The van der Waals surface area contributed by atoms with Crippen LogP contribution in [0.2, 0.25) is 0 Å². The Morgan fingerprint density at radius 1 is 0.889 bits per heavy atom.